The second kappa shape index (κ2) is 3.59. The van der Waals surface area contributed by atoms with E-state index in [1.807, 2.05) is 0 Å². The number of hydrogen-bond acceptors (Lipinski definition) is 5. The molecule has 1 fully saturated rings. The van der Waals surface area contributed by atoms with E-state index >= 15 is 0 Å². The monoisotopic (exact) mass is 191 g/mol. The van der Waals surface area contributed by atoms with Gasteiger partial charge in [0.05, 0.1) is 6.10 Å². The molecule has 1 heterocycles. The normalized spacial score (nSPS) is 46.0. The van der Waals surface area contributed by atoms with Crippen LogP contribution in [0.3, 0.4) is 0 Å². The third-order valence-corrected chi connectivity index (χ3v) is 2.26. The number of aliphatic hydroxyl groups excluding tert-OH is 3. The van der Waals surface area contributed by atoms with Crippen molar-refractivity contribution < 1.29 is 25.2 Å². The standard InChI is InChI=1S/C7H13NO5/c1-2-4(9)6(11)5(10)3(8-2)7(12)13/h2-6,8-11H,1H3,(H,12,13)/t2-,3-,4+,5+,6+/m0/s1. The van der Waals surface area contributed by atoms with E-state index in [0.717, 1.165) is 0 Å². The van der Waals surface area contributed by atoms with Gasteiger partial charge >= 0.3 is 5.97 Å². The Morgan fingerprint density at radius 2 is 1.69 bits per heavy atom. The van der Waals surface area contributed by atoms with E-state index in [2.05, 4.69) is 5.32 Å². The van der Waals surface area contributed by atoms with Crippen LogP contribution in [0.2, 0.25) is 0 Å². The number of piperidine rings is 1. The molecule has 0 aromatic rings. The summed E-state index contributed by atoms with van der Waals surface area (Å²) in [5, 5.41) is 38.8. The molecule has 1 saturated heterocycles. The zero-order valence-electron chi connectivity index (χ0n) is 7.08. The van der Waals surface area contributed by atoms with Gasteiger partial charge in [-0.1, -0.05) is 0 Å². The molecular formula is C7H13NO5. The van der Waals surface area contributed by atoms with Gasteiger partial charge in [-0.2, -0.15) is 0 Å². The minimum absolute atomic E-state index is 0.556. The molecule has 5 atom stereocenters. The number of nitrogens with one attached hydrogen (secondary N) is 1. The fourth-order valence-corrected chi connectivity index (χ4v) is 1.39. The first kappa shape index (κ1) is 10.4. The Morgan fingerprint density at radius 1 is 1.15 bits per heavy atom. The molecule has 0 spiro atoms. The summed E-state index contributed by atoms with van der Waals surface area (Å²) in [6, 6.07) is -1.78. The molecule has 6 nitrogen and oxygen atoms in total. The predicted molar refractivity (Wildman–Crippen MR) is 42.0 cm³/mol. The summed E-state index contributed by atoms with van der Waals surface area (Å²) < 4.78 is 0. The maximum absolute atomic E-state index is 10.5. The van der Waals surface area contributed by atoms with Crippen LogP contribution >= 0.6 is 0 Å². The lowest BCUT2D eigenvalue weighted by atomic mass is 9.91. The van der Waals surface area contributed by atoms with Crippen molar-refractivity contribution in [3.8, 4) is 0 Å². The number of carboxylic acids is 1. The third-order valence-electron chi connectivity index (χ3n) is 2.26. The number of carbonyl (C=O) groups is 1. The van der Waals surface area contributed by atoms with Crippen molar-refractivity contribution in [1.82, 2.24) is 5.32 Å². The molecule has 76 valence electrons. The van der Waals surface area contributed by atoms with Crippen molar-refractivity contribution in [2.45, 2.75) is 37.3 Å². The topological polar surface area (TPSA) is 110 Å². The van der Waals surface area contributed by atoms with E-state index in [1.165, 1.54) is 6.92 Å². The van der Waals surface area contributed by atoms with Gasteiger partial charge in [-0.25, -0.2) is 0 Å². The maximum Gasteiger partial charge on any atom is 0.323 e. The van der Waals surface area contributed by atoms with Crippen molar-refractivity contribution in [1.29, 1.82) is 0 Å². The molecule has 5 N–H and O–H groups in total. The number of aliphatic carboxylic acids is 1. The first-order valence-electron chi connectivity index (χ1n) is 3.98. The van der Waals surface area contributed by atoms with Crippen molar-refractivity contribution >= 4 is 5.97 Å². The van der Waals surface area contributed by atoms with E-state index in [0.29, 0.717) is 0 Å². The number of hydrogen-bond donors (Lipinski definition) is 5. The van der Waals surface area contributed by atoms with Crippen LogP contribution in [0.4, 0.5) is 0 Å². The summed E-state index contributed by atoms with van der Waals surface area (Å²) in [5.74, 6) is -1.25. The van der Waals surface area contributed by atoms with Crippen molar-refractivity contribution in [2.24, 2.45) is 0 Å². The largest absolute Gasteiger partial charge is 0.480 e. The predicted octanol–water partition coefficient (Wildman–Crippen LogP) is -2.49. The molecule has 0 aliphatic carbocycles. The highest BCUT2D eigenvalue weighted by molar-refractivity contribution is 5.74. The molecule has 0 aromatic carbocycles. The number of aliphatic hydroxyl groups is 3. The fourth-order valence-electron chi connectivity index (χ4n) is 1.39. The summed E-state index contributed by atoms with van der Waals surface area (Å²) in [6.07, 6.45) is -4.05. The summed E-state index contributed by atoms with van der Waals surface area (Å²) in [6.45, 7) is 1.54. The van der Waals surface area contributed by atoms with Crippen LogP contribution in [0.25, 0.3) is 0 Å². The smallest absolute Gasteiger partial charge is 0.323 e. The van der Waals surface area contributed by atoms with Gasteiger partial charge in [0.15, 0.2) is 0 Å². The van der Waals surface area contributed by atoms with Gasteiger partial charge in [-0.05, 0) is 6.92 Å². The van der Waals surface area contributed by atoms with Gasteiger partial charge < -0.3 is 20.4 Å². The third kappa shape index (κ3) is 1.80. The number of rotatable bonds is 1. The molecule has 0 amide bonds. The SMILES string of the molecule is C[C@@H]1N[C@H](C(=O)O)[C@@H](O)[C@H](O)[C@@H]1O. The van der Waals surface area contributed by atoms with Gasteiger partial charge in [0.25, 0.3) is 0 Å². The molecule has 0 aromatic heterocycles. The Balaban J connectivity index is 2.76. The Labute approximate surface area is 74.8 Å². The number of carboxylic acid groups (broad SMARTS) is 1. The van der Waals surface area contributed by atoms with Gasteiger partial charge in [-0.15, -0.1) is 0 Å². The molecule has 13 heavy (non-hydrogen) atoms. The van der Waals surface area contributed by atoms with E-state index in [1.54, 1.807) is 0 Å². The summed E-state index contributed by atoms with van der Waals surface area (Å²) in [7, 11) is 0. The van der Waals surface area contributed by atoms with E-state index in [-0.39, 0.29) is 0 Å². The summed E-state index contributed by atoms with van der Waals surface area (Å²) in [4.78, 5) is 10.5. The van der Waals surface area contributed by atoms with Crippen molar-refractivity contribution in [2.75, 3.05) is 0 Å². The minimum Gasteiger partial charge on any atom is -0.480 e. The molecule has 0 radical (unpaired) electrons. The van der Waals surface area contributed by atoms with E-state index in [9.17, 15) is 20.1 Å². The van der Waals surface area contributed by atoms with Crippen LogP contribution in [-0.2, 0) is 4.79 Å². The lowest BCUT2D eigenvalue weighted by Gasteiger charge is -2.38. The lowest BCUT2D eigenvalue weighted by molar-refractivity contribution is -0.156. The summed E-state index contributed by atoms with van der Waals surface area (Å²) in [5.41, 5.74) is 0. The van der Waals surface area contributed by atoms with Crippen LogP contribution < -0.4 is 5.32 Å². The Kier molecular flexibility index (Phi) is 2.87. The maximum atomic E-state index is 10.5. The molecule has 0 bridgehead atoms. The average molecular weight is 191 g/mol. The molecular weight excluding hydrogens is 178 g/mol. The molecule has 1 aliphatic rings. The first-order valence-corrected chi connectivity index (χ1v) is 3.98. The zero-order valence-corrected chi connectivity index (χ0v) is 7.08. The highest BCUT2D eigenvalue weighted by Gasteiger charge is 2.43. The molecule has 1 aliphatic heterocycles. The first-order chi connectivity index (χ1) is 5.95. The molecule has 1 rings (SSSR count). The van der Waals surface area contributed by atoms with E-state index < -0.39 is 36.4 Å². The van der Waals surface area contributed by atoms with Gasteiger partial charge in [-0.3, -0.25) is 10.1 Å². The van der Waals surface area contributed by atoms with Crippen LogP contribution in [0.1, 0.15) is 6.92 Å². The van der Waals surface area contributed by atoms with Gasteiger partial charge in [0, 0.05) is 6.04 Å². The van der Waals surface area contributed by atoms with E-state index in [4.69, 9.17) is 5.11 Å². The van der Waals surface area contributed by atoms with Gasteiger partial charge in [0.2, 0.25) is 0 Å². The van der Waals surface area contributed by atoms with Crippen LogP contribution in [0, 0.1) is 0 Å². The quantitative estimate of drug-likeness (QED) is 0.314. The van der Waals surface area contributed by atoms with Crippen molar-refractivity contribution in [3.63, 3.8) is 0 Å². The Bertz CT molecular complexity index is 209. The lowest BCUT2D eigenvalue weighted by Crippen LogP contribution is -2.66. The van der Waals surface area contributed by atoms with Crippen LogP contribution in [-0.4, -0.2) is 56.8 Å². The molecule has 0 saturated carbocycles. The highest BCUT2D eigenvalue weighted by atomic mass is 16.4. The second-order valence-corrected chi connectivity index (χ2v) is 3.24. The van der Waals surface area contributed by atoms with Crippen LogP contribution in [0.5, 0.6) is 0 Å². The zero-order chi connectivity index (χ0) is 10.2. The fraction of sp³-hybridized carbons (Fsp3) is 0.857. The van der Waals surface area contributed by atoms with Gasteiger partial charge in [0.1, 0.15) is 18.2 Å². The minimum atomic E-state index is -1.48. The average Bonchev–Trinajstić information content (AvgIpc) is 2.07. The summed E-state index contributed by atoms with van der Waals surface area (Å²) >= 11 is 0. The van der Waals surface area contributed by atoms with Crippen molar-refractivity contribution in [3.05, 3.63) is 0 Å². The Morgan fingerprint density at radius 3 is 2.15 bits per heavy atom. The highest BCUT2D eigenvalue weighted by Crippen LogP contribution is 2.15. The Hall–Kier alpha value is -0.690. The second-order valence-electron chi connectivity index (χ2n) is 3.24. The molecule has 0 unspecified atom stereocenters. The van der Waals surface area contributed by atoms with Crippen LogP contribution in [0.15, 0.2) is 0 Å². The molecule has 6 heteroatoms.